The maximum Gasteiger partial charge on any atom is 0.338 e. The minimum absolute atomic E-state index is 0.0563. The van der Waals surface area contributed by atoms with Gasteiger partial charge in [-0.25, -0.2) is 4.79 Å². The van der Waals surface area contributed by atoms with Crippen molar-refractivity contribution < 1.29 is 23.4 Å². The van der Waals surface area contributed by atoms with Gasteiger partial charge in [-0.1, -0.05) is 13.0 Å². The van der Waals surface area contributed by atoms with Crippen molar-refractivity contribution in [3.8, 4) is 17.2 Å². The summed E-state index contributed by atoms with van der Waals surface area (Å²) >= 11 is 0. The van der Waals surface area contributed by atoms with Crippen molar-refractivity contribution in [1.29, 1.82) is 0 Å². The molecular formula is C27H24N2O6. The summed E-state index contributed by atoms with van der Waals surface area (Å²) in [5.74, 6) is 0.761. The van der Waals surface area contributed by atoms with Crippen molar-refractivity contribution in [3.63, 3.8) is 0 Å². The first kappa shape index (κ1) is 22.6. The zero-order chi connectivity index (χ0) is 24.2. The molecule has 1 aliphatic heterocycles. The van der Waals surface area contributed by atoms with E-state index in [0.717, 1.165) is 17.7 Å². The van der Waals surface area contributed by atoms with Crippen molar-refractivity contribution in [3.05, 3.63) is 94.1 Å². The largest absolute Gasteiger partial charge is 0.478 e. The highest BCUT2D eigenvalue weighted by Gasteiger charge is 2.23. The maximum atomic E-state index is 13.2. The first-order chi connectivity index (χ1) is 17.1. The van der Waals surface area contributed by atoms with Gasteiger partial charge in [-0.05, 0) is 55.0 Å². The lowest BCUT2D eigenvalue weighted by atomic mass is 10.1. The second kappa shape index (κ2) is 9.99. The lowest BCUT2D eigenvalue weighted by Crippen LogP contribution is -2.32. The Bertz CT molecular complexity index is 1400. The molecule has 0 saturated heterocycles. The Morgan fingerprint density at radius 3 is 2.74 bits per heavy atom. The van der Waals surface area contributed by atoms with E-state index in [-0.39, 0.29) is 11.2 Å². The van der Waals surface area contributed by atoms with Crippen LogP contribution in [0.3, 0.4) is 0 Å². The SMILES string of the molecule is CCCOC(=O)c1ccc(Oc2coc3c4c(ccc3c2=O)OCN(Cc2ccccn2)C4)cc1. The van der Waals surface area contributed by atoms with Crippen molar-refractivity contribution in [1.82, 2.24) is 9.88 Å². The third kappa shape index (κ3) is 4.88. The van der Waals surface area contributed by atoms with Gasteiger partial charge in [0.1, 0.15) is 30.1 Å². The second-order valence-corrected chi connectivity index (χ2v) is 8.19. The number of hydrogen-bond acceptors (Lipinski definition) is 8. The molecule has 3 heterocycles. The van der Waals surface area contributed by atoms with Crippen LogP contribution >= 0.6 is 0 Å². The molecule has 0 saturated carbocycles. The fourth-order valence-electron chi connectivity index (χ4n) is 3.89. The topological polar surface area (TPSA) is 91.1 Å². The number of ether oxygens (including phenoxy) is 3. The molecule has 0 fully saturated rings. The predicted molar refractivity (Wildman–Crippen MR) is 129 cm³/mol. The normalized spacial score (nSPS) is 13.2. The molecule has 2 aromatic heterocycles. The molecule has 8 nitrogen and oxygen atoms in total. The number of rotatable bonds is 7. The Kier molecular flexibility index (Phi) is 6.45. The third-order valence-electron chi connectivity index (χ3n) is 5.62. The molecule has 5 rings (SSSR count). The Hall–Kier alpha value is -4.17. The highest BCUT2D eigenvalue weighted by atomic mass is 16.5. The molecule has 0 atom stereocenters. The Labute approximate surface area is 201 Å². The fourth-order valence-corrected chi connectivity index (χ4v) is 3.89. The highest BCUT2D eigenvalue weighted by Crippen LogP contribution is 2.33. The molecule has 35 heavy (non-hydrogen) atoms. The van der Waals surface area contributed by atoms with E-state index in [9.17, 15) is 9.59 Å². The van der Waals surface area contributed by atoms with Crippen LogP contribution in [0.2, 0.25) is 0 Å². The van der Waals surface area contributed by atoms with Crippen LogP contribution in [0.1, 0.15) is 35.0 Å². The van der Waals surface area contributed by atoms with Crippen molar-refractivity contribution in [2.24, 2.45) is 0 Å². The van der Waals surface area contributed by atoms with E-state index >= 15 is 0 Å². The van der Waals surface area contributed by atoms with Gasteiger partial charge in [0.05, 0.1) is 28.8 Å². The lowest BCUT2D eigenvalue weighted by Gasteiger charge is -2.28. The molecule has 2 aromatic carbocycles. The molecule has 178 valence electrons. The van der Waals surface area contributed by atoms with E-state index in [1.807, 2.05) is 25.1 Å². The van der Waals surface area contributed by atoms with E-state index in [1.165, 1.54) is 6.26 Å². The second-order valence-electron chi connectivity index (χ2n) is 8.19. The van der Waals surface area contributed by atoms with Crippen molar-refractivity contribution in [2.75, 3.05) is 13.3 Å². The van der Waals surface area contributed by atoms with E-state index in [4.69, 9.17) is 18.6 Å². The summed E-state index contributed by atoms with van der Waals surface area (Å²) in [6.45, 7) is 3.89. The van der Waals surface area contributed by atoms with Crippen LogP contribution < -0.4 is 14.9 Å². The molecule has 0 radical (unpaired) electrons. The third-order valence-corrected chi connectivity index (χ3v) is 5.62. The average Bonchev–Trinajstić information content (AvgIpc) is 2.89. The van der Waals surface area contributed by atoms with Gasteiger partial charge in [0.2, 0.25) is 11.2 Å². The molecule has 0 unspecified atom stereocenters. The quantitative estimate of drug-likeness (QED) is 0.351. The first-order valence-electron chi connectivity index (χ1n) is 11.4. The summed E-state index contributed by atoms with van der Waals surface area (Å²) < 4.78 is 22.7. The van der Waals surface area contributed by atoms with Gasteiger partial charge in [0, 0.05) is 19.3 Å². The number of hydrogen-bond donors (Lipinski definition) is 0. The summed E-state index contributed by atoms with van der Waals surface area (Å²) in [6, 6.07) is 15.7. The van der Waals surface area contributed by atoms with Crippen LogP contribution in [0.5, 0.6) is 17.2 Å². The van der Waals surface area contributed by atoms with E-state index in [2.05, 4.69) is 9.88 Å². The van der Waals surface area contributed by atoms with Gasteiger partial charge in [0.25, 0.3) is 0 Å². The van der Waals surface area contributed by atoms with Crippen LogP contribution in [-0.2, 0) is 17.8 Å². The van der Waals surface area contributed by atoms with Gasteiger partial charge in [-0.3, -0.25) is 14.7 Å². The summed E-state index contributed by atoms with van der Waals surface area (Å²) in [7, 11) is 0. The standard InChI is InChI=1S/C27H24N2O6/c1-2-13-32-27(31)18-6-8-20(9-7-18)35-24-16-33-26-21(25(24)30)10-11-23-22(26)15-29(17-34-23)14-19-5-3-4-12-28-19/h3-12,16H,2,13-15,17H2,1H3. The van der Waals surface area contributed by atoms with Crippen molar-refractivity contribution >= 4 is 16.9 Å². The Balaban J connectivity index is 1.36. The lowest BCUT2D eigenvalue weighted by molar-refractivity contribution is 0.0505. The van der Waals surface area contributed by atoms with E-state index in [1.54, 1.807) is 42.6 Å². The molecule has 8 heteroatoms. The number of aromatic nitrogens is 1. The molecular weight excluding hydrogens is 448 g/mol. The van der Waals surface area contributed by atoms with Gasteiger partial charge < -0.3 is 18.6 Å². The number of benzene rings is 2. The Morgan fingerprint density at radius 1 is 1.11 bits per heavy atom. The van der Waals surface area contributed by atoms with Gasteiger partial charge in [-0.2, -0.15) is 0 Å². The zero-order valence-electron chi connectivity index (χ0n) is 19.2. The summed E-state index contributed by atoms with van der Waals surface area (Å²) in [5, 5.41) is 0.407. The molecule has 1 aliphatic rings. The maximum absolute atomic E-state index is 13.2. The van der Waals surface area contributed by atoms with Crippen LogP contribution in [0.25, 0.3) is 11.0 Å². The first-order valence-corrected chi connectivity index (χ1v) is 11.4. The van der Waals surface area contributed by atoms with Crippen molar-refractivity contribution in [2.45, 2.75) is 26.4 Å². The van der Waals surface area contributed by atoms with E-state index in [0.29, 0.717) is 54.5 Å². The molecule has 0 bridgehead atoms. The molecule has 0 N–H and O–H groups in total. The number of fused-ring (bicyclic) bond motifs is 3. The van der Waals surface area contributed by atoms with Gasteiger partial charge in [0.15, 0.2) is 0 Å². The smallest absolute Gasteiger partial charge is 0.338 e. The number of nitrogens with zero attached hydrogens (tertiary/aromatic N) is 2. The van der Waals surface area contributed by atoms with Gasteiger partial charge in [-0.15, -0.1) is 0 Å². The summed E-state index contributed by atoms with van der Waals surface area (Å²) in [6.07, 6.45) is 3.82. The summed E-state index contributed by atoms with van der Waals surface area (Å²) in [4.78, 5) is 31.6. The summed E-state index contributed by atoms with van der Waals surface area (Å²) in [5.41, 5.74) is 2.34. The molecule has 4 aromatic rings. The minimum Gasteiger partial charge on any atom is -0.478 e. The predicted octanol–water partition coefficient (Wildman–Crippen LogP) is 4.90. The Morgan fingerprint density at radius 2 is 1.97 bits per heavy atom. The fraction of sp³-hybridized carbons (Fsp3) is 0.222. The van der Waals surface area contributed by atoms with Crippen LogP contribution in [0.4, 0.5) is 0 Å². The molecule has 0 spiro atoms. The highest BCUT2D eigenvalue weighted by molar-refractivity contribution is 5.89. The van der Waals surface area contributed by atoms with Crippen LogP contribution in [0.15, 0.2) is 76.3 Å². The van der Waals surface area contributed by atoms with Gasteiger partial charge >= 0.3 is 5.97 Å². The monoisotopic (exact) mass is 472 g/mol. The van der Waals surface area contributed by atoms with Crippen LogP contribution in [-0.4, -0.2) is 29.2 Å². The molecule has 0 amide bonds. The van der Waals surface area contributed by atoms with E-state index < -0.39 is 5.97 Å². The molecule has 0 aliphatic carbocycles. The zero-order valence-corrected chi connectivity index (χ0v) is 19.2. The average molecular weight is 472 g/mol. The number of pyridine rings is 1. The number of carbonyl (C=O) groups is 1. The number of esters is 1. The minimum atomic E-state index is -0.396. The van der Waals surface area contributed by atoms with Crippen LogP contribution in [0, 0.1) is 0 Å². The number of carbonyl (C=O) groups excluding carboxylic acids is 1.